The summed E-state index contributed by atoms with van der Waals surface area (Å²) in [7, 11) is 1.84. The van der Waals surface area contributed by atoms with Crippen LogP contribution in [0.15, 0.2) is 42.5 Å². The molecule has 17 heavy (non-hydrogen) atoms. The van der Waals surface area contributed by atoms with Crippen molar-refractivity contribution in [3.05, 3.63) is 42.5 Å². The Hall–Kier alpha value is -1.87. The molecule has 2 rings (SSSR count). The van der Waals surface area contributed by atoms with E-state index < -0.39 is 0 Å². The Morgan fingerprint density at radius 2 is 1.88 bits per heavy atom. The molecule has 0 bridgehead atoms. The normalized spacial score (nSPS) is 10.4. The van der Waals surface area contributed by atoms with Gasteiger partial charge in [0.15, 0.2) is 0 Å². The van der Waals surface area contributed by atoms with Crippen LogP contribution in [0.4, 0.5) is 5.69 Å². The number of benzene rings is 2. The summed E-state index contributed by atoms with van der Waals surface area (Å²) in [5.41, 5.74) is 0.852. The van der Waals surface area contributed by atoms with Crippen LogP contribution in [0.1, 0.15) is 6.42 Å². The lowest BCUT2D eigenvalue weighted by Gasteiger charge is -2.06. The maximum Gasteiger partial charge on any atom is 0.225 e. The van der Waals surface area contributed by atoms with Crippen LogP contribution < -0.4 is 10.6 Å². The van der Waals surface area contributed by atoms with Crippen molar-refractivity contribution in [3.63, 3.8) is 0 Å². The molecule has 3 nitrogen and oxygen atoms in total. The molecule has 0 aliphatic heterocycles. The van der Waals surface area contributed by atoms with Crippen molar-refractivity contribution in [1.82, 2.24) is 5.32 Å². The highest BCUT2D eigenvalue weighted by atomic mass is 16.1. The number of hydrogen-bond acceptors (Lipinski definition) is 2. The minimum Gasteiger partial charge on any atom is -0.326 e. The molecule has 0 fully saturated rings. The summed E-state index contributed by atoms with van der Waals surface area (Å²) in [5.74, 6) is 0.0367. The van der Waals surface area contributed by atoms with Crippen LogP contribution in [0.5, 0.6) is 0 Å². The monoisotopic (exact) mass is 228 g/mol. The lowest BCUT2D eigenvalue weighted by atomic mass is 10.1. The highest BCUT2D eigenvalue weighted by Crippen LogP contribution is 2.18. The summed E-state index contributed by atoms with van der Waals surface area (Å²) >= 11 is 0. The standard InChI is InChI=1S/C14H16N2O/c1-15-9-8-14(17)16-13-7-6-11-4-2-3-5-12(11)10-13/h2-7,10,15H,8-9H2,1H3,(H,16,17). The average molecular weight is 228 g/mol. The summed E-state index contributed by atoms with van der Waals surface area (Å²) in [6.07, 6.45) is 0.489. The van der Waals surface area contributed by atoms with Gasteiger partial charge in [-0.05, 0) is 30.0 Å². The fourth-order valence-corrected chi connectivity index (χ4v) is 1.73. The largest absolute Gasteiger partial charge is 0.326 e. The van der Waals surface area contributed by atoms with Crippen LogP contribution in [0.3, 0.4) is 0 Å². The SMILES string of the molecule is CNCCC(=O)Nc1ccc2ccccc2c1. The number of amides is 1. The van der Waals surface area contributed by atoms with Crippen molar-refractivity contribution >= 4 is 22.4 Å². The Morgan fingerprint density at radius 1 is 1.12 bits per heavy atom. The molecule has 2 aromatic rings. The third-order valence-corrected chi connectivity index (χ3v) is 2.64. The Kier molecular flexibility index (Phi) is 3.73. The van der Waals surface area contributed by atoms with Crippen LogP contribution >= 0.6 is 0 Å². The molecule has 2 N–H and O–H groups in total. The van der Waals surface area contributed by atoms with Crippen LogP contribution in [-0.4, -0.2) is 19.5 Å². The second-order valence-corrected chi connectivity index (χ2v) is 3.96. The van der Waals surface area contributed by atoms with Crippen LogP contribution in [0, 0.1) is 0 Å². The summed E-state index contributed by atoms with van der Waals surface area (Å²) in [5, 5.41) is 8.16. The zero-order chi connectivity index (χ0) is 12.1. The molecule has 0 heterocycles. The van der Waals surface area contributed by atoms with Gasteiger partial charge >= 0.3 is 0 Å². The van der Waals surface area contributed by atoms with Gasteiger partial charge in [-0.2, -0.15) is 0 Å². The van der Waals surface area contributed by atoms with E-state index in [9.17, 15) is 4.79 Å². The van der Waals surface area contributed by atoms with Gasteiger partial charge in [-0.1, -0.05) is 30.3 Å². The van der Waals surface area contributed by atoms with Gasteiger partial charge in [0, 0.05) is 18.7 Å². The first kappa shape index (κ1) is 11.6. The van der Waals surface area contributed by atoms with E-state index >= 15 is 0 Å². The first-order chi connectivity index (χ1) is 8.29. The van der Waals surface area contributed by atoms with Crippen molar-refractivity contribution in [2.75, 3.05) is 18.9 Å². The molecule has 3 heteroatoms. The molecule has 2 aromatic carbocycles. The third-order valence-electron chi connectivity index (χ3n) is 2.64. The van der Waals surface area contributed by atoms with E-state index in [1.807, 2.05) is 43.4 Å². The number of carbonyl (C=O) groups excluding carboxylic acids is 1. The molecule has 0 aliphatic carbocycles. The van der Waals surface area contributed by atoms with Gasteiger partial charge in [-0.3, -0.25) is 4.79 Å². The lowest BCUT2D eigenvalue weighted by molar-refractivity contribution is -0.116. The zero-order valence-electron chi connectivity index (χ0n) is 9.86. The highest BCUT2D eigenvalue weighted by molar-refractivity contribution is 5.94. The molecule has 0 radical (unpaired) electrons. The Labute approximate surface area is 101 Å². The second-order valence-electron chi connectivity index (χ2n) is 3.96. The van der Waals surface area contributed by atoms with Crippen LogP contribution in [-0.2, 0) is 4.79 Å². The molecular weight excluding hydrogens is 212 g/mol. The van der Waals surface area contributed by atoms with E-state index in [1.165, 1.54) is 5.39 Å². The molecule has 0 saturated carbocycles. The fraction of sp³-hybridized carbons (Fsp3) is 0.214. The summed E-state index contributed by atoms with van der Waals surface area (Å²) in [4.78, 5) is 11.6. The van der Waals surface area contributed by atoms with Crippen LogP contribution in [0.2, 0.25) is 0 Å². The molecule has 1 amide bonds. The Morgan fingerprint density at radius 3 is 2.65 bits per heavy atom. The minimum absolute atomic E-state index is 0.0367. The smallest absolute Gasteiger partial charge is 0.225 e. The van der Waals surface area contributed by atoms with Crippen molar-refractivity contribution in [2.45, 2.75) is 6.42 Å². The van der Waals surface area contributed by atoms with Gasteiger partial charge in [-0.15, -0.1) is 0 Å². The van der Waals surface area contributed by atoms with E-state index in [2.05, 4.69) is 16.7 Å². The van der Waals surface area contributed by atoms with Gasteiger partial charge in [0.05, 0.1) is 0 Å². The fourth-order valence-electron chi connectivity index (χ4n) is 1.73. The number of anilines is 1. The van der Waals surface area contributed by atoms with Crippen LogP contribution in [0.25, 0.3) is 10.8 Å². The van der Waals surface area contributed by atoms with Gasteiger partial charge < -0.3 is 10.6 Å². The average Bonchev–Trinajstić information content (AvgIpc) is 2.36. The minimum atomic E-state index is 0.0367. The van der Waals surface area contributed by atoms with Crippen molar-refractivity contribution in [3.8, 4) is 0 Å². The van der Waals surface area contributed by atoms with Gasteiger partial charge in [-0.25, -0.2) is 0 Å². The van der Waals surface area contributed by atoms with Crippen molar-refractivity contribution in [2.24, 2.45) is 0 Å². The number of rotatable bonds is 4. The van der Waals surface area contributed by atoms with E-state index in [0.29, 0.717) is 13.0 Å². The second kappa shape index (κ2) is 5.46. The number of fused-ring (bicyclic) bond motifs is 1. The molecule has 0 unspecified atom stereocenters. The number of hydrogen-bond donors (Lipinski definition) is 2. The molecule has 0 aliphatic rings. The molecule has 0 aromatic heterocycles. The third kappa shape index (κ3) is 3.04. The maximum atomic E-state index is 11.6. The lowest BCUT2D eigenvalue weighted by Crippen LogP contribution is -2.18. The molecule has 0 saturated heterocycles. The highest BCUT2D eigenvalue weighted by Gasteiger charge is 2.01. The van der Waals surface area contributed by atoms with E-state index in [1.54, 1.807) is 0 Å². The molecular formula is C14H16N2O. The van der Waals surface area contributed by atoms with Crippen molar-refractivity contribution in [1.29, 1.82) is 0 Å². The van der Waals surface area contributed by atoms with E-state index in [0.717, 1.165) is 11.1 Å². The predicted molar refractivity (Wildman–Crippen MR) is 71.1 cm³/mol. The first-order valence-electron chi connectivity index (χ1n) is 5.73. The molecule has 0 spiro atoms. The number of nitrogens with one attached hydrogen (secondary N) is 2. The van der Waals surface area contributed by atoms with Gasteiger partial charge in [0.25, 0.3) is 0 Å². The maximum absolute atomic E-state index is 11.6. The number of carbonyl (C=O) groups is 1. The summed E-state index contributed by atoms with van der Waals surface area (Å²) in [6.45, 7) is 0.694. The van der Waals surface area contributed by atoms with E-state index in [4.69, 9.17) is 0 Å². The van der Waals surface area contributed by atoms with E-state index in [-0.39, 0.29) is 5.91 Å². The molecule has 88 valence electrons. The topological polar surface area (TPSA) is 41.1 Å². The first-order valence-corrected chi connectivity index (χ1v) is 5.73. The summed E-state index contributed by atoms with van der Waals surface area (Å²) in [6, 6.07) is 14.0. The van der Waals surface area contributed by atoms with Gasteiger partial charge in [0.1, 0.15) is 0 Å². The predicted octanol–water partition coefficient (Wildman–Crippen LogP) is 2.39. The Bertz CT molecular complexity index is 522. The Balaban J connectivity index is 2.11. The van der Waals surface area contributed by atoms with Gasteiger partial charge in [0.2, 0.25) is 5.91 Å². The van der Waals surface area contributed by atoms with Crippen molar-refractivity contribution < 1.29 is 4.79 Å². The quantitative estimate of drug-likeness (QED) is 0.843. The molecule has 0 atom stereocenters. The zero-order valence-corrected chi connectivity index (χ0v) is 9.86. The summed E-state index contributed by atoms with van der Waals surface area (Å²) < 4.78 is 0.